The Morgan fingerprint density at radius 3 is 2.73 bits per heavy atom. The first-order valence-corrected chi connectivity index (χ1v) is 5.91. The Morgan fingerprint density at radius 2 is 2.07 bits per heavy atom. The van der Waals surface area contributed by atoms with Crippen molar-refractivity contribution >= 4 is 17.5 Å². The fraction of sp³-hybridized carbons (Fsp3) is 0.636. The lowest BCUT2D eigenvalue weighted by Gasteiger charge is -2.06. The quantitative estimate of drug-likeness (QED) is 0.599. The van der Waals surface area contributed by atoms with E-state index < -0.39 is 0 Å². The maximum absolute atomic E-state index is 5.91. The van der Waals surface area contributed by atoms with E-state index in [1.54, 1.807) is 0 Å². The van der Waals surface area contributed by atoms with Gasteiger partial charge in [0.15, 0.2) is 0 Å². The molecular weight excluding hydrogens is 210 g/mol. The molecular formula is C11H18ClN3. The molecule has 0 aliphatic carbocycles. The molecule has 0 unspecified atom stereocenters. The zero-order valence-corrected chi connectivity index (χ0v) is 10.1. The van der Waals surface area contributed by atoms with Crippen LogP contribution in [0.25, 0.3) is 0 Å². The topological polar surface area (TPSA) is 37.8 Å². The molecule has 0 fully saturated rings. The van der Waals surface area contributed by atoms with Crippen LogP contribution in [-0.2, 0) is 6.42 Å². The first kappa shape index (κ1) is 12.2. The molecule has 1 heterocycles. The van der Waals surface area contributed by atoms with Crippen LogP contribution in [0.5, 0.6) is 0 Å². The second-order valence-electron chi connectivity index (χ2n) is 3.54. The Bertz CT molecular complexity index is 302. The van der Waals surface area contributed by atoms with Crippen LogP contribution in [0.4, 0.5) is 5.95 Å². The molecule has 84 valence electrons. The molecule has 0 bridgehead atoms. The second-order valence-corrected chi connectivity index (χ2v) is 3.92. The van der Waals surface area contributed by atoms with Gasteiger partial charge < -0.3 is 5.32 Å². The van der Waals surface area contributed by atoms with Crippen LogP contribution in [-0.4, -0.2) is 16.5 Å². The summed E-state index contributed by atoms with van der Waals surface area (Å²) in [7, 11) is 0. The van der Waals surface area contributed by atoms with Crippen LogP contribution >= 0.6 is 11.6 Å². The number of aromatic nitrogens is 2. The average molecular weight is 228 g/mol. The van der Waals surface area contributed by atoms with E-state index in [9.17, 15) is 0 Å². The van der Waals surface area contributed by atoms with Crippen molar-refractivity contribution < 1.29 is 0 Å². The highest BCUT2D eigenvalue weighted by molar-refractivity contribution is 6.29. The van der Waals surface area contributed by atoms with Gasteiger partial charge >= 0.3 is 0 Å². The molecule has 0 saturated carbocycles. The highest BCUT2D eigenvalue weighted by atomic mass is 35.5. The van der Waals surface area contributed by atoms with Gasteiger partial charge in [-0.2, -0.15) is 0 Å². The summed E-state index contributed by atoms with van der Waals surface area (Å²) in [5, 5.41) is 3.70. The Morgan fingerprint density at radius 1 is 1.27 bits per heavy atom. The van der Waals surface area contributed by atoms with Crippen molar-refractivity contribution in [2.75, 3.05) is 11.9 Å². The summed E-state index contributed by atoms with van der Waals surface area (Å²) in [6, 6.07) is 1.83. The second kappa shape index (κ2) is 6.62. The van der Waals surface area contributed by atoms with Crippen molar-refractivity contribution in [2.45, 2.75) is 39.5 Å². The summed E-state index contributed by atoms with van der Waals surface area (Å²) in [5.74, 6) is 0.652. The van der Waals surface area contributed by atoms with Gasteiger partial charge in [-0.25, -0.2) is 9.97 Å². The average Bonchev–Trinajstić information content (AvgIpc) is 2.18. The van der Waals surface area contributed by atoms with Crippen molar-refractivity contribution in [2.24, 2.45) is 0 Å². The van der Waals surface area contributed by atoms with Crippen molar-refractivity contribution in [3.05, 3.63) is 16.9 Å². The van der Waals surface area contributed by atoms with Crippen LogP contribution in [0, 0.1) is 0 Å². The van der Waals surface area contributed by atoms with Gasteiger partial charge in [-0.3, -0.25) is 0 Å². The van der Waals surface area contributed by atoms with Gasteiger partial charge in [0.2, 0.25) is 5.95 Å². The SMILES string of the molecule is CCCCNc1nc(Cl)cc(CCC)n1. The monoisotopic (exact) mass is 227 g/mol. The summed E-state index contributed by atoms with van der Waals surface area (Å²) in [6.45, 7) is 5.19. The molecule has 0 amide bonds. The summed E-state index contributed by atoms with van der Waals surface area (Å²) in [5.41, 5.74) is 1.01. The molecule has 4 heteroatoms. The zero-order chi connectivity index (χ0) is 11.1. The molecule has 0 saturated heterocycles. The van der Waals surface area contributed by atoms with Crippen molar-refractivity contribution in [1.82, 2.24) is 9.97 Å². The molecule has 0 atom stereocenters. The van der Waals surface area contributed by atoms with Crippen LogP contribution in [0.3, 0.4) is 0 Å². The minimum Gasteiger partial charge on any atom is -0.354 e. The van der Waals surface area contributed by atoms with Crippen molar-refractivity contribution in [3.8, 4) is 0 Å². The third-order valence-corrected chi connectivity index (χ3v) is 2.26. The van der Waals surface area contributed by atoms with E-state index in [1.165, 1.54) is 0 Å². The first-order chi connectivity index (χ1) is 7.26. The number of unbranched alkanes of at least 4 members (excludes halogenated alkanes) is 1. The molecule has 3 nitrogen and oxygen atoms in total. The predicted molar refractivity (Wildman–Crippen MR) is 64.4 cm³/mol. The third kappa shape index (κ3) is 4.47. The maximum atomic E-state index is 5.91. The van der Waals surface area contributed by atoms with E-state index in [-0.39, 0.29) is 0 Å². The molecule has 1 aromatic rings. The predicted octanol–water partition coefficient (Wildman–Crippen LogP) is 3.29. The van der Waals surface area contributed by atoms with Crippen LogP contribution < -0.4 is 5.32 Å². The molecule has 0 aliphatic rings. The molecule has 0 spiro atoms. The molecule has 1 rings (SSSR count). The van der Waals surface area contributed by atoms with Crippen LogP contribution in [0.2, 0.25) is 5.15 Å². The van der Waals surface area contributed by atoms with E-state index in [2.05, 4.69) is 29.1 Å². The number of aryl methyl sites for hydroxylation is 1. The Balaban J connectivity index is 2.62. The number of nitrogens with zero attached hydrogens (tertiary/aromatic N) is 2. The summed E-state index contributed by atoms with van der Waals surface area (Å²) >= 11 is 5.91. The molecule has 0 aliphatic heterocycles. The Labute approximate surface area is 96.3 Å². The molecule has 0 radical (unpaired) electrons. The lowest BCUT2D eigenvalue weighted by Crippen LogP contribution is -2.06. The van der Waals surface area contributed by atoms with E-state index in [4.69, 9.17) is 11.6 Å². The Kier molecular flexibility index (Phi) is 5.40. The number of rotatable bonds is 6. The largest absolute Gasteiger partial charge is 0.354 e. The van der Waals surface area contributed by atoms with Crippen molar-refractivity contribution in [3.63, 3.8) is 0 Å². The van der Waals surface area contributed by atoms with E-state index in [0.29, 0.717) is 11.1 Å². The lowest BCUT2D eigenvalue weighted by atomic mass is 10.2. The van der Waals surface area contributed by atoms with E-state index in [1.807, 2.05) is 6.07 Å². The fourth-order valence-electron chi connectivity index (χ4n) is 1.30. The molecule has 15 heavy (non-hydrogen) atoms. The van der Waals surface area contributed by atoms with Gasteiger partial charge in [-0.15, -0.1) is 0 Å². The van der Waals surface area contributed by atoms with Gasteiger partial charge in [0.25, 0.3) is 0 Å². The van der Waals surface area contributed by atoms with Gasteiger partial charge in [-0.05, 0) is 18.9 Å². The van der Waals surface area contributed by atoms with Crippen LogP contribution in [0.15, 0.2) is 6.07 Å². The highest BCUT2D eigenvalue weighted by Crippen LogP contribution is 2.11. The number of halogens is 1. The summed E-state index contributed by atoms with van der Waals surface area (Å²) in [6.07, 6.45) is 4.31. The molecule has 1 N–H and O–H groups in total. The molecule has 0 aromatic carbocycles. The highest BCUT2D eigenvalue weighted by Gasteiger charge is 2.01. The third-order valence-electron chi connectivity index (χ3n) is 2.07. The minimum atomic E-state index is 0.521. The Hall–Kier alpha value is -0.830. The smallest absolute Gasteiger partial charge is 0.224 e. The normalized spacial score (nSPS) is 10.3. The lowest BCUT2D eigenvalue weighted by molar-refractivity contribution is 0.818. The summed E-state index contributed by atoms with van der Waals surface area (Å²) in [4.78, 5) is 8.52. The number of hydrogen-bond acceptors (Lipinski definition) is 3. The van der Waals surface area contributed by atoms with Gasteiger partial charge in [0.1, 0.15) is 5.15 Å². The molecule has 1 aromatic heterocycles. The maximum Gasteiger partial charge on any atom is 0.224 e. The van der Waals surface area contributed by atoms with Gasteiger partial charge in [-0.1, -0.05) is 38.3 Å². The number of anilines is 1. The fourth-order valence-corrected chi connectivity index (χ4v) is 1.51. The number of hydrogen-bond donors (Lipinski definition) is 1. The number of nitrogens with one attached hydrogen (secondary N) is 1. The van der Waals surface area contributed by atoms with Crippen LogP contribution in [0.1, 0.15) is 38.8 Å². The van der Waals surface area contributed by atoms with Crippen molar-refractivity contribution in [1.29, 1.82) is 0 Å². The standard InChI is InChI=1S/C11H18ClN3/c1-3-5-7-13-11-14-9(6-4-2)8-10(12)15-11/h8H,3-7H2,1-2H3,(H,13,14,15). The van der Waals surface area contributed by atoms with Gasteiger partial charge in [0.05, 0.1) is 0 Å². The zero-order valence-electron chi connectivity index (χ0n) is 9.39. The first-order valence-electron chi connectivity index (χ1n) is 5.53. The van der Waals surface area contributed by atoms with Gasteiger partial charge in [0, 0.05) is 12.2 Å². The summed E-state index contributed by atoms with van der Waals surface area (Å²) < 4.78 is 0. The van der Waals surface area contributed by atoms with E-state index in [0.717, 1.165) is 37.9 Å². The van der Waals surface area contributed by atoms with E-state index >= 15 is 0 Å². The minimum absolute atomic E-state index is 0.521.